The Balaban J connectivity index is 1.64. The molecule has 1 heterocycles. The number of nitrogens with one attached hydrogen (secondary N) is 1. The van der Waals surface area contributed by atoms with Crippen LogP contribution in [0, 0.1) is 0 Å². The van der Waals surface area contributed by atoms with E-state index in [1.165, 1.54) is 29.1 Å². The van der Waals surface area contributed by atoms with Gasteiger partial charge in [0.05, 0.1) is 19.1 Å². The molecule has 2 aromatic rings. The van der Waals surface area contributed by atoms with Crippen LogP contribution in [0.3, 0.4) is 0 Å². The molecule has 0 radical (unpaired) electrons. The Morgan fingerprint density at radius 1 is 1.03 bits per heavy atom. The van der Waals surface area contributed by atoms with Crippen LogP contribution < -0.4 is 14.4 Å². The number of piperidine rings is 1. The molecule has 1 unspecified atom stereocenters. The second-order valence-electron chi connectivity index (χ2n) is 8.55. The predicted octanol–water partition coefficient (Wildman–Crippen LogP) is 3.54. The summed E-state index contributed by atoms with van der Waals surface area (Å²) in [4.78, 5) is 15.5. The molecule has 7 nitrogen and oxygen atoms in total. The van der Waals surface area contributed by atoms with Gasteiger partial charge in [-0.05, 0) is 67.7 Å². The highest BCUT2D eigenvalue weighted by Gasteiger charge is 2.31. The van der Waals surface area contributed by atoms with Crippen LogP contribution in [-0.4, -0.2) is 51.7 Å². The van der Waals surface area contributed by atoms with Gasteiger partial charge in [0.2, 0.25) is 15.9 Å². The van der Waals surface area contributed by atoms with E-state index in [2.05, 4.69) is 22.3 Å². The summed E-state index contributed by atoms with van der Waals surface area (Å²) in [6.45, 7) is 5.42. The average Bonchev–Trinajstić information content (AvgIpc) is 2.82. The van der Waals surface area contributed by atoms with Gasteiger partial charge in [0, 0.05) is 13.1 Å². The molecule has 8 heteroatoms. The number of hydrogen-bond donors (Lipinski definition) is 1. The molecule has 0 saturated carbocycles. The highest BCUT2D eigenvalue weighted by molar-refractivity contribution is 7.92. The third-order valence-electron chi connectivity index (χ3n) is 6.00. The van der Waals surface area contributed by atoms with Crippen molar-refractivity contribution in [3.05, 3.63) is 59.7 Å². The zero-order valence-corrected chi connectivity index (χ0v) is 20.6. The van der Waals surface area contributed by atoms with Crippen molar-refractivity contribution in [1.29, 1.82) is 0 Å². The van der Waals surface area contributed by atoms with Crippen LogP contribution in [0.15, 0.2) is 48.5 Å². The summed E-state index contributed by atoms with van der Waals surface area (Å²) in [6, 6.07) is 14.1. The highest BCUT2D eigenvalue weighted by atomic mass is 32.2. The van der Waals surface area contributed by atoms with Crippen LogP contribution in [0.5, 0.6) is 5.75 Å². The van der Waals surface area contributed by atoms with Gasteiger partial charge in [0.15, 0.2) is 0 Å². The van der Waals surface area contributed by atoms with Crippen molar-refractivity contribution in [2.75, 3.05) is 30.8 Å². The van der Waals surface area contributed by atoms with Gasteiger partial charge >= 0.3 is 0 Å². The van der Waals surface area contributed by atoms with Crippen LogP contribution in [-0.2, 0) is 27.9 Å². The Bertz CT molecular complexity index is 1000. The van der Waals surface area contributed by atoms with Crippen LogP contribution in [0.1, 0.15) is 43.7 Å². The van der Waals surface area contributed by atoms with E-state index in [0.29, 0.717) is 24.4 Å². The topological polar surface area (TPSA) is 79.0 Å². The van der Waals surface area contributed by atoms with E-state index >= 15 is 0 Å². The maximum atomic E-state index is 13.0. The number of benzene rings is 2. The fourth-order valence-corrected chi connectivity index (χ4v) is 5.45. The highest BCUT2D eigenvalue weighted by Crippen LogP contribution is 2.25. The molecular formula is C25H35N3O4S. The standard InChI is InChI=1S/C25H35N3O4S/c1-4-24(28(33(3,30)31)22-12-14-23(32-2)15-13-22)25(29)26-18-20-8-10-21(11-9-20)19-27-16-6-5-7-17-27/h8-15,24H,4-7,16-19H2,1-3H3,(H,26,29). The zero-order chi connectivity index (χ0) is 23.8. The first-order valence-electron chi connectivity index (χ1n) is 11.5. The van der Waals surface area contributed by atoms with Gasteiger partial charge in [-0.15, -0.1) is 0 Å². The van der Waals surface area contributed by atoms with Crippen LogP contribution in [0.25, 0.3) is 0 Å². The first-order valence-corrected chi connectivity index (χ1v) is 13.4. The smallest absolute Gasteiger partial charge is 0.244 e. The predicted molar refractivity (Wildman–Crippen MR) is 132 cm³/mol. The minimum absolute atomic E-state index is 0.323. The number of carbonyl (C=O) groups excluding carboxylic acids is 1. The quantitative estimate of drug-likeness (QED) is 0.571. The molecule has 0 bridgehead atoms. The molecule has 1 saturated heterocycles. The lowest BCUT2D eigenvalue weighted by Gasteiger charge is -2.30. The Hall–Kier alpha value is -2.58. The number of hydrogen-bond acceptors (Lipinski definition) is 5. The number of rotatable bonds is 10. The van der Waals surface area contributed by atoms with Crippen molar-refractivity contribution < 1.29 is 17.9 Å². The number of ether oxygens (including phenoxy) is 1. The second-order valence-corrected chi connectivity index (χ2v) is 10.4. The van der Waals surface area contributed by atoms with Crippen molar-refractivity contribution in [2.45, 2.75) is 51.7 Å². The number of likely N-dealkylation sites (tertiary alicyclic amines) is 1. The average molecular weight is 474 g/mol. The van der Waals surface area contributed by atoms with E-state index in [0.717, 1.165) is 31.5 Å². The molecule has 180 valence electrons. The Labute approximate surface area is 197 Å². The lowest BCUT2D eigenvalue weighted by atomic mass is 10.1. The summed E-state index contributed by atoms with van der Waals surface area (Å²) in [5, 5.41) is 2.92. The van der Waals surface area contributed by atoms with E-state index in [1.807, 2.05) is 12.1 Å². The van der Waals surface area contributed by atoms with Gasteiger partial charge in [0.1, 0.15) is 11.8 Å². The zero-order valence-electron chi connectivity index (χ0n) is 19.8. The fourth-order valence-electron chi connectivity index (χ4n) is 4.23. The van der Waals surface area contributed by atoms with Crippen molar-refractivity contribution in [3.63, 3.8) is 0 Å². The summed E-state index contributed by atoms with van der Waals surface area (Å²) in [5.74, 6) is 0.296. The lowest BCUT2D eigenvalue weighted by Crippen LogP contribution is -2.49. The minimum Gasteiger partial charge on any atom is -0.497 e. The summed E-state index contributed by atoms with van der Waals surface area (Å²) < 4.78 is 31.5. The molecule has 1 atom stereocenters. The number of carbonyl (C=O) groups is 1. The monoisotopic (exact) mass is 473 g/mol. The van der Waals surface area contributed by atoms with E-state index in [4.69, 9.17) is 4.74 Å². The number of anilines is 1. The number of methoxy groups -OCH3 is 1. The minimum atomic E-state index is -3.67. The van der Waals surface area contributed by atoms with E-state index in [9.17, 15) is 13.2 Å². The first-order chi connectivity index (χ1) is 15.8. The lowest BCUT2D eigenvalue weighted by molar-refractivity contribution is -0.122. The molecule has 1 amide bonds. The Morgan fingerprint density at radius 2 is 1.64 bits per heavy atom. The fraction of sp³-hybridized carbons (Fsp3) is 0.480. The Kier molecular flexibility index (Phi) is 8.74. The van der Waals surface area contributed by atoms with Crippen molar-refractivity contribution >= 4 is 21.6 Å². The van der Waals surface area contributed by atoms with Gasteiger partial charge in [-0.3, -0.25) is 14.0 Å². The van der Waals surface area contributed by atoms with Gasteiger partial charge in [-0.2, -0.15) is 0 Å². The first kappa shape index (κ1) is 25.1. The van der Waals surface area contributed by atoms with Crippen LogP contribution in [0.2, 0.25) is 0 Å². The molecule has 1 aliphatic heterocycles. The van der Waals surface area contributed by atoms with E-state index < -0.39 is 16.1 Å². The second kappa shape index (κ2) is 11.5. The molecule has 1 fully saturated rings. The molecule has 3 rings (SSSR count). The molecule has 2 aromatic carbocycles. The maximum absolute atomic E-state index is 13.0. The summed E-state index contributed by atoms with van der Waals surface area (Å²) in [6.07, 6.45) is 5.32. The van der Waals surface area contributed by atoms with Gasteiger partial charge in [-0.1, -0.05) is 37.6 Å². The van der Waals surface area contributed by atoms with E-state index in [-0.39, 0.29) is 5.91 Å². The third-order valence-corrected chi connectivity index (χ3v) is 7.18. The Morgan fingerprint density at radius 3 is 2.18 bits per heavy atom. The van der Waals surface area contributed by atoms with Gasteiger partial charge in [-0.25, -0.2) is 8.42 Å². The molecule has 0 spiro atoms. The SMILES string of the molecule is CCC(C(=O)NCc1ccc(CN2CCCCC2)cc1)N(c1ccc(OC)cc1)S(C)(=O)=O. The number of amides is 1. The van der Waals surface area contributed by atoms with E-state index in [1.54, 1.807) is 38.3 Å². The van der Waals surface area contributed by atoms with Crippen molar-refractivity contribution in [3.8, 4) is 5.75 Å². The van der Waals surface area contributed by atoms with Gasteiger partial charge < -0.3 is 10.1 Å². The molecule has 33 heavy (non-hydrogen) atoms. The van der Waals surface area contributed by atoms with Crippen molar-refractivity contribution in [1.82, 2.24) is 10.2 Å². The summed E-state index contributed by atoms with van der Waals surface area (Å²) >= 11 is 0. The summed E-state index contributed by atoms with van der Waals surface area (Å²) in [7, 11) is -2.12. The molecule has 1 aliphatic rings. The van der Waals surface area contributed by atoms with Gasteiger partial charge in [0.25, 0.3) is 0 Å². The van der Waals surface area contributed by atoms with Crippen LogP contribution in [0.4, 0.5) is 5.69 Å². The molecular weight excluding hydrogens is 438 g/mol. The maximum Gasteiger partial charge on any atom is 0.244 e. The van der Waals surface area contributed by atoms with Crippen molar-refractivity contribution in [2.24, 2.45) is 0 Å². The van der Waals surface area contributed by atoms with Crippen LogP contribution >= 0.6 is 0 Å². The normalized spacial score (nSPS) is 15.6. The third kappa shape index (κ3) is 6.95. The summed E-state index contributed by atoms with van der Waals surface area (Å²) in [5.41, 5.74) is 2.68. The number of nitrogens with zero attached hydrogens (tertiary/aromatic N) is 2. The molecule has 1 N–H and O–H groups in total. The largest absolute Gasteiger partial charge is 0.497 e. The number of sulfonamides is 1. The molecule has 0 aromatic heterocycles. The molecule has 0 aliphatic carbocycles.